The number of phosphoric ester groups is 2. The van der Waals surface area contributed by atoms with Gasteiger partial charge in [0.1, 0.15) is 41.8 Å². The molecule has 0 saturated carbocycles. The lowest BCUT2D eigenvalue weighted by Crippen LogP contribution is -2.57. The molecule has 0 aliphatic carbocycles. The largest absolute Gasteiger partial charge is 0.481 e. The number of hydrogen-bond acceptors (Lipinski definition) is 22. The second-order valence-corrected chi connectivity index (χ2v) is 28.8. The van der Waals surface area contributed by atoms with Crippen molar-refractivity contribution in [2.24, 2.45) is 23.7 Å². The van der Waals surface area contributed by atoms with Crippen molar-refractivity contribution < 1.29 is 113 Å². The number of nitrogens with zero attached hydrogens (tertiary/aromatic N) is 3. The van der Waals surface area contributed by atoms with E-state index in [1.807, 2.05) is 40.7 Å². The summed E-state index contributed by atoms with van der Waals surface area (Å²) >= 11 is 0. The lowest BCUT2D eigenvalue weighted by atomic mass is 9.93. The summed E-state index contributed by atoms with van der Waals surface area (Å²) in [4.78, 5) is 170. The van der Waals surface area contributed by atoms with E-state index in [-0.39, 0.29) is 112 Å². The van der Waals surface area contributed by atoms with Crippen molar-refractivity contribution in [3.8, 4) is 5.75 Å². The fourth-order valence-electron chi connectivity index (χ4n) is 10.5. The van der Waals surface area contributed by atoms with Gasteiger partial charge in [0.2, 0.25) is 35.4 Å². The molecule has 0 bridgehead atoms. The van der Waals surface area contributed by atoms with Gasteiger partial charge in [-0.3, -0.25) is 57.1 Å². The van der Waals surface area contributed by atoms with Gasteiger partial charge < -0.3 is 64.0 Å². The summed E-state index contributed by atoms with van der Waals surface area (Å²) in [7, 11) is -7.66. The Morgan fingerprint density at radius 3 is 1.91 bits per heavy atom. The molecule has 30 nitrogen and oxygen atoms in total. The zero-order valence-electron chi connectivity index (χ0n) is 60.3. The van der Waals surface area contributed by atoms with E-state index in [9.17, 15) is 71.7 Å². The van der Waals surface area contributed by atoms with E-state index >= 15 is 0 Å². The number of phosphoric acid groups is 2. The average Bonchev–Trinajstić information content (AvgIpc) is 0.975. The molecule has 0 aromatic heterocycles. The number of carbonyl (C=O) groups excluding carboxylic acids is 11. The summed E-state index contributed by atoms with van der Waals surface area (Å²) in [5.74, 6) is -7.17. The van der Waals surface area contributed by atoms with Crippen LogP contribution in [0.2, 0.25) is 0 Å². The fourth-order valence-corrected chi connectivity index (χ4v) is 12.6. The third-order valence-electron chi connectivity index (χ3n) is 16.7. The smallest absolute Gasteiger partial charge is 0.456 e. The number of likely N-dealkylation sites (tertiary alicyclic amines) is 1. The lowest BCUT2D eigenvalue weighted by Gasteiger charge is -2.33. The standard InChI is InChI=1S/C68H108N6O24P2/c1-14-45(5)60-63(80)70-51(11)68(85)97-61(46(6)15-2)47(7)22-19-23-48(8)67(84)96-56(40-44(3)4)62(79)69-50(10)65(82)73(13)55(66(83)72(12)43-57(76)71-60)42-52-27-29-54(30-28-52)95-59(78)26-21-33-93-99(86,87)98-100(88,89)94-39-38-92-37-36-91-35-34-90-32-20-25-53(75)24-17-16-18-31-74-58(77)41-49(9)64(74)81/h15,23,27-30,44-45,47,49-51,55-56,60-61H,14,16-22,24-26,31-43H2,1-13H3,(H,69,79)(H,70,80)(H,71,76)(H,86,87)(H,88,89)/b46-15+,48-23+/t45?,47-,49?,50-,51+,55+,56+,60-,61+/m0/s1. The van der Waals surface area contributed by atoms with E-state index in [1.165, 1.54) is 57.1 Å². The Hall–Kier alpha value is -6.59. The first-order valence-corrected chi connectivity index (χ1v) is 37.3. The summed E-state index contributed by atoms with van der Waals surface area (Å²) < 4.78 is 72.1. The van der Waals surface area contributed by atoms with E-state index in [4.69, 9.17) is 37.5 Å². The molecule has 564 valence electrons. The molecule has 1 aromatic rings. The van der Waals surface area contributed by atoms with Crippen LogP contribution in [0.25, 0.3) is 0 Å². The predicted molar refractivity (Wildman–Crippen MR) is 365 cm³/mol. The van der Waals surface area contributed by atoms with Crippen molar-refractivity contribution in [1.29, 1.82) is 0 Å². The number of imide groups is 1. The number of esters is 3. The van der Waals surface area contributed by atoms with Crippen LogP contribution < -0.4 is 20.7 Å². The third-order valence-corrected chi connectivity index (χ3v) is 19.4. The van der Waals surface area contributed by atoms with Crippen LogP contribution in [0.4, 0.5) is 0 Å². The Morgan fingerprint density at radius 1 is 0.720 bits per heavy atom. The van der Waals surface area contributed by atoms with Gasteiger partial charge in [0.25, 0.3) is 5.91 Å². The molecule has 2 aliphatic rings. The van der Waals surface area contributed by atoms with Gasteiger partial charge in [-0.25, -0.2) is 18.7 Å². The van der Waals surface area contributed by atoms with Gasteiger partial charge >= 0.3 is 33.6 Å². The second kappa shape index (κ2) is 44.7. The van der Waals surface area contributed by atoms with E-state index < -0.39 is 125 Å². The first kappa shape index (κ1) is 87.6. The van der Waals surface area contributed by atoms with Crippen LogP contribution in [0.15, 0.2) is 47.6 Å². The maximum Gasteiger partial charge on any atom is 0.481 e. The fraction of sp³-hybridized carbons (Fsp3) is 0.691. The van der Waals surface area contributed by atoms with Crippen LogP contribution in [0.5, 0.6) is 5.75 Å². The van der Waals surface area contributed by atoms with Crippen molar-refractivity contribution in [3.63, 3.8) is 0 Å². The molecule has 32 heteroatoms. The van der Waals surface area contributed by atoms with Gasteiger partial charge in [-0.1, -0.05) is 78.7 Å². The highest BCUT2D eigenvalue weighted by Gasteiger charge is 2.39. The molecule has 3 rings (SSSR count). The maximum absolute atomic E-state index is 14.6. The van der Waals surface area contributed by atoms with Crippen LogP contribution in [0.1, 0.15) is 165 Å². The molecule has 1 aromatic carbocycles. The zero-order chi connectivity index (χ0) is 74.9. The molecule has 11 atom stereocenters. The van der Waals surface area contributed by atoms with E-state index in [0.29, 0.717) is 70.1 Å². The van der Waals surface area contributed by atoms with Crippen LogP contribution >= 0.6 is 15.6 Å². The van der Waals surface area contributed by atoms with E-state index in [0.717, 1.165) is 21.8 Å². The van der Waals surface area contributed by atoms with Crippen molar-refractivity contribution in [3.05, 3.63) is 53.1 Å². The Labute approximate surface area is 587 Å². The highest BCUT2D eigenvalue weighted by molar-refractivity contribution is 7.61. The number of Topliss-reactive ketones (excluding diaryl/α,β-unsaturated/α-hetero) is 1. The number of cyclic esters (lactones) is 2. The molecular formula is C68H108N6O24P2. The molecule has 4 unspecified atom stereocenters. The average molecular weight is 1460 g/mol. The summed E-state index contributed by atoms with van der Waals surface area (Å²) in [6.07, 6.45) is 5.74. The number of amides is 7. The highest BCUT2D eigenvalue weighted by Crippen LogP contribution is 2.60. The number of hydrogen-bond donors (Lipinski definition) is 5. The summed E-state index contributed by atoms with van der Waals surface area (Å²) in [6.45, 7) is 18.4. The quantitative estimate of drug-likeness (QED) is 0.0120. The van der Waals surface area contributed by atoms with Crippen molar-refractivity contribution >= 4 is 80.7 Å². The van der Waals surface area contributed by atoms with Gasteiger partial charge in [0, 0.05) is 70.8 Å². The van der Waals surface area contributed by atoms with Gasteiger partial charge in [-0.2, -0.15) is 4.31 Å². The minimum atomic E-state index is -5.19. The van der Waals surface area contributed by atoms with E-state index in [2.05, 4.69) is 20.3 Å². The number of ether oxygens (including phenoxy) is 6. The minimum absolute atomic E-state index is 0.0334. The Balaban J connectivity index is 1.55. The number of allylic oxidation sites excluding steroid dienone is 2. The number of rotatable bonds is 35. The number of likely N-dealkylation sites (N-methyl/N-ethyl adjacent to an activating group) is 2. The first-order chi connectivity index (χ1) is 47.1. The van der Waals surface area contributed by atoms with Crippen LogP contribution in [-0.2, 0) is 105 Å². The minimum Gasteiger partial charge on any atom is -0.456 e. The maximum atomic E-state index is 14.6. The Bertz CT molecular complexity index is 3050. The molecule has 0 radical (unpaired) electrons. The molecule has 2 aliphatic heterocycles. The molecule has 2 heterocycles. The molecule has 7 amide bonds. The van der Waals surface area contributed by atoms with Gasteiger partial charge in [-0.15, -0.1) is 0 Å². The van der Waals surface area contributed by atoms with E-state index in [1.54, 1.807) is 33.8 Å². The monoisotopic (exact) mass is 1450 g/mol. The SMILES string of the molecule is C/C=C(\C)[C@H]1OC(=O)[C@@H](C)NC(=O)[C@H](C(C)CC)NC(=O)CN(C)C(=O)[C@@H](Cc2ccc(OC(=O)CCCOP(=O)(O)OP(=O)(O)OCCOCCOCCOCCCC(=O)CCCCCN3C(=O)CC(C)C3=O)cc2)N(C)C(=O)[C@H](C)NC(=O)[C@@H](CC(C)C)OC(=O)/C(C)=C/CC[C@@H]1C. The zero-order valence-corrected chi connectivity index (χ0v) is 62.1. The number of carbonyl (C=O) groups is 11. The number of nitrogens with one attached hydrogen (secondary N) is 3. The molecule has 1 fully saturated rings. The van der Waals surface area contributed by atoms with Crippen LogP contribution in [0, 0.1) is 23.7 Å². The molecular weight excluding hydrogens is 1350 g/mol. The molecule has 0 spiro atoms. The molecule has 1 saturated heterocycles. The highest BCUT2D eigenvalue weighted by atomic mass is 31.3. The van der Waals surface area contributed by atoms with Gasteiger partial charge in [-0.05, 0) is 121 Å². The number of benzene rings is 1. The normalized spacial score (nSPS) is 24.0. The second-order valence-electron chi connectivity index (χ2n) is 25.8. The number of ketones is 1. The number of unbranched alkanes of at least 4 members (excludes halogenated alkanes) is 2. The molecule has 5 N–H and O–H groups in total. The first-order valence-electron chi connectivity index (χ1n) is 34.3. The Kier molecular flexibility index (Phi) is 39.2. The topological polar surface area (TPSA) is 391 Å². The van der Waals surface area contributed by atoms with Crippen LogP contribution in [-0.4, -0.2) is 206 Å². The summed E-state index contributed by atoms with van der Waals surface area (Å²) in [6, 6.07) is 0.873. The van der Waals surface area contributed by atoms with Gasteiger partial charge in [0.15, 0.2) is 6.10 Å². The lowest BCUT2D eigenvalue weighted by molar-refractivity contribution is -0.154. The summed E-state index contributed by atoms with van der Waals surface area (Å²) in [5, 5.41) is 8.03. The van der Waals surface area contributed by atoms with Crippen molar-refractivity contribution in [2.45, 2.75) is 202 Å². The Morgan fingerprint density at radius 2 is 1.31 bits per heavy atom. The van der Waals surface area contributed by atoms with Crippen molar-refractivity contribution in [1.82, 2.24) is 30.7 Å². The molecule has 100 heavy (non-hydrogen) atoms. The van der Waals surface area contributed by atoms with Gasteiger partial charge in [0.05, 0.1) is 52.8 Å². The third kappa shape index (κ3) is 32.2. The summed E-state index contributed by atoms with van der Waals surface area (Å²) in [5.41, 5.74) is 1.40. The van der Waals surface area contributed by atoms with Crippen molar-refractivity contribution in [2.75, 3.05) is 80.0 Å². The van der Waals surface area contributed by atoms with Crippen LogP contribution in [0.3, 0.4) is 0 Å². The predicted octanol–water partition coefficient (Wildman–Crippen LogP) is 6.56.